The van der Waals surface area contributed by atoms with Crippen molar-refractivity contribution in [3.63, 3.8) is 0 Å². The van der Waals surface area contributed by atoms with Gasteiger partial charge in [0.05, 0.1) is 10.2 Å². The molecule has 0 atom stereocenters. The molecule has 2 aromatic rings. The third-order valence-corrected chi connectivity index (χ3v) is 4.16. The van der Waals surface area contributed by atoms with Crippen LogP contribution in [-0.4, -0.2) is 24.3 Å². The molecule has 1 fully saturated rings. The zero-order chi connectivity index (χ0) is 18.7. The van der Waals surface area contributed by atoms with Crippen LogP contribution in [0.1, 0.15) is 5.56 Å². The van der Waals surface area contributed by atoms with E-state index in [0.717, 1.165) is 0 Å². The highest BCUT2D eigenvalue weighted by Gasteiger charge is 2.34. The molecule has 8 heteroatoms. The van der Waals surface area contributed by atoms with E-state index in [9.17, 15) is 14.4 Å². The van der Waals surface area contributed by atoms with Crippen molar-refractivity contribution in [1.29, 1.82) is 0 Å². The van der Waals surface area contributed by atoms with Gasteiger partial charge in [0, 0.05) is 0 Å². The van der Waals surface area contributed by atoms with Crippen LogP contribution in [0.4, 0.5) is 5.69 Å². The molecule has 2 aromatic carbocycles. The minimum absolute atomic E-state index is 0.0200. The van der Waals surface area contributed by atoms with Crippen LogP contribution in [-0.2, 0) is 14.4 Å². The molecule has 1 saturated heterocycles. The van der Waals surface area contributed by atoms with Crippen molar-refractivity contribution in [2.24, 2.45) is 5.73 Å². The summed E-state index contributed by atoms with van der Waals surface area (Å²) in [6.45, 7) is -0.244. The number of primary amides is 1. The van der Waals surface area contributed by atoms with Crippen LogP contribution in [0, 0.1) is 0 Å². The van der Waals surface area contributed by atoms with Gasteiger partial charge in [0.1, 0.15) is 11.3 Å². The Hall–Kier alpha value is -3.13. The molecule has 1 heterocycles. The van der Waals surface area contributed by atoms with Gasteiger partial charge in [-0.1, -0.05) is 24.3 Å². The predicted octanol–water partition coefficient (Wildman–Crippen LogP) is 1.77. The molecule has 3 rings (SSSR count). The first-order chi connectivity index (χ1) is 12.5. The molecule has 1 aliphatic heterocycles. The number of rotatable bonds is 5. The first-order valence-electron chi connectivity index (χ1n) is 7.58. The number of hydrazine groups is 1. The molecule has 132 valence electrons. The summed E-state index contributed by atoms with van der Waals surface area (Å²) in [6, 6.07) is 13.8. The maximum atomic E-state index is 12.5. The second-order valence-electron chi connectivity index (χ2n) is 5.42. The number of amides is 3. The van der Waals surface area contributed by atoms with Gasteiger partial charge < -0.3 is 10.5 Å². The van der Waals surface area contributed by atoms with Crippen LogP contribution in [0.5, 0.6) is 5.75 Å². The van der Waals surface area contributed by atoms with E-state index in [0.29, 0.717) is 21.5 Å². The summed E-state index contributed by atoms with van der Waals surface area (Å²) in [5, 5.41) is 1.20. The molecule has 26 heavy (non-hydrogen) atoms. The smallest absolute Gasteiger partial charge is 0.282 e. The van der Waals surface area contributed by atoms with Crippen molar-refractivity contribution in [3.8, 4) is 5.75 Å². The third kappa shape index (κ3) is 3.75. The Kier molecular flexibility index (Phi) is 5.04. The molecule has 3 amide bonds. The largest absolute Gasteiger partial charge is 0.483 e. The fraction of sp³-hybridized carbons (Fsp3) is 0.0556. The summed E-state index contributed by atoms with van der Waals surface area (Å²) in [6.07, 6.45) is 1.49. The van der Waals surface area contributed by atoms with Gasteiger partial charge in [-0.3, -0.25) is 19.8 Å². The molecule has 7 nitrogen and oxygen atoms in total. The molecule has 1 aliphatic rings. The van der Waals surface area contributed by atoms with Gasteiger partial charge in [-0.05, 0) is 51.8 Å². The first-order valence-corrected chi connectivity index (χ1v) is 8.38. The monoisotopic (exact) mass is 415 g/mol. The fourth-order valence-corrected chi connectivity index (χ4v) is 2.87. The van der Waals surface area contributed by atoms with E-state index in [1.807, 2.05) is 6.07 Å². The topological polar surface area (TPSA) is 102 Å². The Bertz CT molecular complexity index is 912. The third-order valence-electron chi connectivity index (χ3n) is 3.54. The van der Waals surface area contributed by atoms with Gasteiger partial charge in [0.2, 0.25) is 0 Å². The number of carbonyl (C=O) groups excluding carboxylic acids is 3. The summed E-state index contributed by atoms with van der Waals surface area (Å²) < 4.78 is 5.81. The number of para-hydroxylation sites is 1. The highest BCUT2D eigenvalue weighted by molar-refractivity contribution is 9.10. The summed E-state index contributed by atoms with van der Waals surface area (Å²) in [7, 11) is 0. The number of ether oxygens (including phenoxy) is 1. The minimum Gasteiger partial charge on any atom is -0.483 e. The van der Waals surface area contributed by atoms with E-state index in [-0.39, 0.29) is 12.2 Å². The van der Waals surface area contributed by atoms with Crippen molar-refractivity contribution in [1.82, 2.24) is 5.43 Å². The molecular formula is C18H14BrN3O4. The predicted molar refractivity (Wildman–Crippen MR) is 98.9 cm³/mol. The average Bonchev–Trinajstić information content (AvgIpc) is 2.90. The Labute approximate surface area is 157 Å². The van der Waals surface area contributed by atoms with E-state index >= 15 is 0 Å². The van der Waals surface area contributed by atoms with Crippen LogP contribution < -0.4 is 20.9 Å². The molecule has 0 unspecified atom stereocenters. The highest BCUT2D eigenvalue weighted by atomic mass is 79.9. The second kappa shape index (κ2) is 7.40. The van der Waals surface area contributed by atoms with Crippen LogP contribution >= 0.6 is 15.9 Å². The lowest BCUT2D eigenvalue weighted by atomic mass is 10.1. The number of benzene rings is 2. The number of halogens is 1. The van der Waals surface area contributed by atoms with Crippen molar-refractivity contribution in [2.75, 3.05) is 11.6 Å². The van der Waals surface area contributed by atoms with Crippen LogP contribution in [0.3, 0.4) is 0 Å². The quantitative estimate of drug-likeness (QED) is 0.573. The van der Waals surface area contributed by atoms with Gasteiger partial charge >= 0.3 is 0 Å². The van der Waals surface area contributed by atoms with E-state index < -0.39 is 17.7 Å². The number of nitrogens with one attached hydrogen (secondary N) is 1. The lowest BCUT2D eigenvalue weighted by Crippen LogP contribution is -2.35. The van der Waals surface area contributed by atoms with E-state index in [4.69, 9.17) is 10.5 Å². The van der Waals surface area contributed by atoms with Gasteiger partial charge in [-0.15, -0.1) is 0 Å². The normalized spacial score (nSPS) is 15.3. The van der Waals surface area contributed by atoms with Crippen molar-refractivity contribution in [3.05, 3.63) is 64.1 Å². The summed E-state index contributed by atoms with van der Waals surface area (Å²) in [4.78, 5) is 35.5. The van der Waals surface area contributed by atoms with E-state index in [1.54, 1.807) is 42.5 Å². The number of nitrogens with two attached hydrogens (primary N) is 1. The average molecular weight is 416 g/mol. The minimum atomic E-state index is -0.586. The number of hydrogen-bond acceptors (Lipinski definition) is 4. The zero-order valence-corrected chi connectivity index (χ0v) is 15.0. The lowest BCUT2D eigenvalue weighted by molar-refractivity contribution is -0.120. The Morgan fingerprint density at radius 2 is 1.92 bits per heavy atom. The molecule has 3 N–H and O–H groups in total. The van der Waals surface area contributed by atoms with Crippen molar-refractivity contribution >= 4 is 45.4 Å². The van der Waals surface area contributed by atoms with Crippen molar-refractivity contribution in [2.45, 2.75) is 0 Å². The highest BCUT2D eigenvalue weighted by Crippen LogP contribution is 2.28. The molecule has 0 bridgehead atoms. The van der Waals surface area contributed by atoms with Gasteiger partial charge in [0.25, 0.3) is 17.7 Å². The van der Waals surface area contributed by atoms with Gasteiger partial charge in [-0.2, -0.15) is 0 Å². The maximum absolute atomic E-state index is 12.5. The Morgan fingerprint density at radius 3 is 2.58 bits per heavy atom. The fourth-order valence-electron chi connectivity index (χ4n) is 2.36. The molecule has 0 radical (unpaired) electrons. The summed E-state index contributed by atoms with van der Waals surface area (Å²) >= 11 is 3.32. The summed E-state index contributed by atoms with van der Waals surface area (Å²) in [5.74, 6) is -1.08. The van der Waals surface area contributed by atoms with Gasteiger partial charge in [0.15, 0.2) is 6.61 Å². The molecule has 0 spiro atoms. The number of carbonyl (C=O) groups is 3. The van der Waals surface area contributed by atoms with Crippen LogP contribution in [0.15, 0.2) is 58.6 Å². The van der Waals surface area contributed by atoms with Crippen LogP contribution in [0.25, 0.3) is 6.08 Å². The Balaban J connectivity index is 1.83. The number of anilines is 1. The second-order valence-corrected chi connectivity index (χ2v) is 6.27. The van der Waals surface area contributed by atoms with Gasteiger partial charge in [-0.25, -0.2) is 5.01 Å². The SMILES string of the molecule is NC(=O)COc1ccc(C=C2C(=O)NN(c3ccccc3)C2=O)cc1Br. The lowest BCUT2D eigenvalue weighted by Gasteiger charge is -2.13. The van der Waals surface area contributed by atoms with E-state index in [2.05, 4.69) is 21.4 Å². The Morgan fingerprint density at radius 1 is 1.19 bits per heavy atom. The molecule has 0 aliphatic carbocycles. The summed E-state index contributed by atoms with van der Waals surface area (Å²) in [5.41, 5.74) is 8.80. The van der Waals surface area contributed by atoms with E-state index in [1.165, 1.54) is 11.1 Å². The number of hydrogen-bond donors (Lipinski definition) is 2. The van der Waals surface area contributed by atoms with Crippen molar-refractivity contribution < 1.29 is 19.1 Å². The molecule has 0 aromatic heterocycles. The maximum Gasteiger partial charge on any atom is 0.282 e. The zero-order valence-electron chi connectivity index (χ0n) is 13.4. The molecule has 0 saturated carbocycles. The number of nitrogens with zero attached hydrogens (tertiary/aromatic N) is 1. The molecular weight excluding hydrogens is 402 g/mol. The first kappa shape index (κ1) is 17.7. The standard InChI is InChI=1S/C18H14BrN3O4/c19-14-9-11(6-7-15(14)26-10-16(20)23)8-13-17(24)21-22(18(13)25)12-4-2-1-3-5-12/h1-9H,10H2,(H2,20,23)(H,21,24). The van der Waals surface area contributed by atoms with Crippen LogP contribution in [0.2, 0.25) is 0 Å².